The molecule has 3 heterocycles. The van der Waals surface area contributed by atoms with E-state index < -0.39 is 0 Å². The molecule has 1 amide bonds. The van der Waals surface area contributed by atoms with Crippen LogP contribution >= 0.6 is 0 Å². The fraction of sp³-hybridized carbons (Fsp3) is 0.212. The SMILES string of the molecule is CN(C(=O)C=CCN(C)[C@H]1CCOC1)c1cccc(-n2c(=O)n(-c3ccc(Oc4ccccc4)cc3)c3c(N)ncnc32)c1. The molecule has 6 rings (SSSR count). The number of imidazole rings is 1. The van der Waals surface area contributed by atoms with Crippen LogP contribution in [0.25, 0.3) is 22.5 Å². The Morgan fingerprint density at radius 1 is 1.00 bits per heavy atom. The van der Waals surface area contributed by atoms with Crippen LogP contribution in [0.2, 0.25) is 0 Å². The summed E-state index contributed by atoms with van der Waals surface area (Å²) in [5.41, 5.74) is 8.36. The van der Waals surface area contributed by atoms with Gasteiger partial charge in [0.1, 0.15) is 23.3 Å². The average molecular weight is 592 g/mol. The molecule has 1 atom stereocenters. The highest BCUT2D eigenvalue weighted by atomic mass is 16.5. The summed E-state index contributed by atoms with van der Waals surface area (Å²) in [4.78, 5) is 39.3. The van der Waals surface area contributed by atoms with Crippen molar-refractivity contribution in [1.82, 2.24) is 24.0 Å². The number of rotatable bonds is 9. The molecule has 3 aromatic carbocycles. The molecule has 0 unspecified atom stereocenters. The molecule has 0 aliphatic carbocycles. The van der Waals surface area contributed by atoms with Gasteiger partial charge in [-0.3, -0.25) is 14.3 Å². The molecule has 1 fully saturated rings. The molecule has 0 saturated carbocycles. The summed E-state index contributed by atoms with van der Waals surface area (Å²) in [6.45, 7) is 2.13. The number of fused-ring (bicyclic) bond motifs is 1. The van der Waals surface area contributed by atoms with Gasteiger partial charge in [-0.25, -0.2) is 19.3 Å². The summed E-state index contributed by atoms with van der Waals surface area (Å²) in [6, 6.07) is 24.1. The lowest BCUT2D eigenvalue weighted by Crippen LogP contribution is -2.32. The molecule has 44 heavy (non-hydrogen) atoms. The molecular weight excluding hydrogens is 558 g/mol. The van der Waals surface area contributed by atoms with Crippen LogP contribution in [0.4, 0.5) is 11.5 Å². The number of aromatic nitrogens is 4. The number of ether oxygens (including phenoxy) is 2. The summed E-state index contributed by atoms with van der Waals surface area (Å²) >= 11 is 0. The molecule has 0 radical (unpaired) electrons. The first-order chi connectivity index (χ1) is 21.4. The maximum atomic E-state index is 14.0. The molecule has 11 nitrogen and oxygen atoms in total. The molecule has 1 aliphatic rings. The Balaban J connectivity index is 1.29. The molecule has 2 N–H and O–H groups in total. The molecule has 0 bridgehead atoms. The number of likely N-dealkylation sites (N-methyl/N-ethyl adjacent to an activating group) is 2. The van der Waals surface area contributed by atoms with E-state index in [-0.39, 0.29) is 17.4 Å². The first-order valence-corrected chi connectivity index (χ1v) is 14.3. The van der Waals surface area contributed by atoms with E-state index in [1.807, 2.05) is 49.5 Å². The Morgan fingerprint density at radius 3 is 2.52 bits per heavy atom. The monoisotopic (exact) mass is 591 g/mol. The number of nitrogens with zero attached hydrogens (tertiary/aromatic N) is 6. The summed E-state index contributed by atoms with van der Waals surface area (Å²) in [6.07, 6.45) is 5.74. The molecule has 0 spiro atoms. The van der Waals surface area contributed by atoms with Crippen LogP contribution in [0, 0.1) is 0 Å². The summed E-state index contributed by atoms with van der Waals surface area (Å²) < 4.78 is 14.3. The molecule has 1 aliphatic heterocycles. The van der Waals surface area contributed by atoms with Crippen molar-refractivity contribution in [2.75, 3.05) is 44.5 Å². The number of hydrogen-bond acceptors (Lipinski definition) is 8. The summed E-state index contributed by atoms with van der Waals surface area (Å²) in [7, 11) is 3.73. The van der Waals surface area contributed by atoms with Gasteiger partial charge in [0.25, 0.3) is 0 Å². The third-order valence-electron chi connectivity index (χ3n) is 7.71. The Labute approximate surface area is 254 Å². The van der Waals surface area contributed by atoms with Crippen LogP contribution in [-0.2, 0) is 9.53 Å². The van der Waals surface area contributed by atoms with Crippen molar-refractivity contribution in [3.05, 3.63) is 108 Å². The van der Waals surface area contributed by atoms with E-state index >= 15 is 0 Å². The summed E-state index contributed by atoms with van der Waals surface area (Å²) in [5, 5.41) is 0. The second-order valence-electron chi connectivity index (χ2n) is 10.6. The van der Waals surface area contributed by atoms with Crippen molar-refractivity contribution in [1.29, 1.82) is 0 Å². The third kappa shape index (κ3) is 5.83. The lowest BCUT2D eigenvalue weighted by Gasteiger charge is -2.21. The number of amides is 1. The number of carbonyl (C=O) groups excluding carboxylic acids is 1. The Morgan fingerprint density at radius 2 is 1.77 bits per heavy atom. The molecule has 2 aromatic heterocycles. The van der Waals surface area contributed by atoms with E-state index in [9.17, 15) is 9.59 Å². The Hall–Kier alpha value is -5.26. The van der Waals surface area contributed by atoms with Gasteiger partial charge in [0.15, 0.2) is 11.5 Å². The highest BCUT2D eigenvalue weighted by Gasteiger charge is 2.22. The zero-order chi connectivity index (χ0) is 30.6. The van der Waals surface area contributed by atoms with Crippen molar-refractivity contribution in [3.8, 4) is 22.9 Å². The largest absolute Gasteiger partial charge is 0.457 e. The lowest BCUT2D eigenvalue weighted by molar-refractivity contribution is -0.113. The van der Waals surface area contributed by atoms with Crippen molar-refractivity contribution in [2.45, 2.75) is 12.5 Å². The third-order valence-corrected chi connectivity index (χ3v) is 7.71. The normalized spacial score (nSPS) is 14.9. The molecule has 224 valence electrons. The van der Waals surface area contributed by atoms with E-state index in [1.165, 1.54) is 20.4 Å². The minimum Gasteiger partial charge on any atom is -0.457 e. The standard InChI is InChI=1S/C33H33N7O4/c1-37(26-17-19-43-21-26)18-7-12-29(41)38(2)24-8-6-9-25(20-24)40-32-30(31(34)35-22-36-32)39(33(40)42)23-13-15-28(16-14-23)44-27-10-4-3-5-11-27/h3-16,20,22,26H,17-19,21H2,1-2H3,(H2,34,35,36)/t26-/m0/s1. The highest BCUT2D eigenvalue weighted by Crippen LogP contribution is 2.27. The predicted octanol–water partition coefficient (Wildman–Crippen LogP) is 4.19. The van der Waals surface area contributed by atoms with Gasteiger partial charge < -0.3 is 20.1 Å². The smallest absolute Gasteiger partial charge is 0.339 e. The van der Waals surface area contributed by atoms with Gasteiger partial charge >= 0.3 is 5.69 Å². The van der Waals surface area contributed by atoms with Crippen LogP contribution in [0.15, 0.2) is 102 Å². The first kappa shape index (κ1) is 28.8. The van der Waals surface area contributed by atoms with Gasteiger partial charge in [0.2, 0.25) is 5.91 Å². The number of anilines is 2. The molecule has 1 saturated heterocycles. The maximum absolute atomic E-state index is 14.0. The van der Waals surface area contributed by atoms with Crippen LogP contribution in [0.1, 0.15) is 6.42 Å². The number of nitrogens with two attached hydrogens (primary N) is 1. The van der Waals surface area contributed by atoms with Crippen LogP contribution in [0.3, 0.4) is 0 Å². The first-order valence-electron chi connectivity index (χ1n) is 14.3. The van der Waals surface area contributed by atoms with E-state index in [0.29, 0.717) is 58.9 Å². The predicted molar refractivity (Wildman–Crippen MR) is 170 cm³/mol. The van der Waals surface area contributed by atoms with Gasteiger partial charge in [-0.05, 0) is 68.1 Å². The van der Waals surface area contributed by atoms with Gasteiger partial charge in [-0.15, -0.1) is 0 Å². The van der Waals surface area contributed by atoms with Crippen LogP contribution < -0.4 is 21.1 Å². The molecular formula is C33H33N7O4. The summed E-state index contributed by atoms with van der Waals surface area (Å²) in [5.74, 6) is 1.31. The van der Waals surface area contributed by atoms with Gasteiger partial charge in [0, 0.05) is 38.0 Å². The minimum absolute atomic E-state index is 0.165. The number of carbonyl (C=O) groups is 1. The van der Waals surface area contributed by atoms with E-state index in [1.54, 1.807) is 55.6 Å². The van der Waals surface area contributed by atoms with Crippen molar-refractivity contribution >= 4 is 28.6 Å². The van der Waals surface area contributed by atoms with E-state index in [0.717, 1.165) is 13.0 Å². The lowest BCUT2D eigenvalue weighted by atomic mass is 10.2. The highest BCUT2D eigenvalue weighted by molar-refractivity contribution is 6.01. The quantitative estimate of drug-likeness (QED) is 0.254. The van der Waals surface area contributed by atoms with Gasteiger partial charge in [-0.1, -0.05) is 30.3 Å². The second kappa shape index (κ2) is 12.5. The van der Waals surface area contributed by atoms with Crippen LogP contribution in [-0.4, -0.2) is 69.8 Å². The number of hydrogen-bond donors (Lipinski definition) is 1. The zero-order valence-electron chi connectivity index (χ0n) is 24.5. The van der Waals surface area contributed by atoms with Crippen molar-refractivity contribution in [3.63, 3.8) is 0 Å². The van der Waals surface area contributed by atoms with Crippen molar-refractivity contribution < 1.29 is 14.3 Å². The Kier molecular flexibility index (Phi) is 8.22. The fourth-order valence-electron chi connectivity index (χ4n) is 5.23. The topological polar surface area (TPSA) is 121 Å². The fourth-order valence-corrected chi connectivity index (χ4v) is 5.23. The molecule has 5 aromatic rings. The minimum atomic E-state index is -0.381. The Bertz CT molecular complexity index is 1860. The van der Waals surface area contributed by atoms with Gasteiger partial charge in [-0.2, -0.15) is 0 Å². The average Bonchev–Trinajstić information content (AvgIpc) is 3.69. The van der Waals surface area contributed by atoms with Gasteiger partial charge in [0.05, 0.1) is 18.0 Å². The number of benzene rings is 3. The molecule has 11 heteroatoms. The number of para-hydroxylation sites is 1. The van der Waals surface area contributed by atoms with E-state index in [2.05, 4.69) is 14.9 Å². The second-order valence-corrected chi connectivity index (χ2v) is 10.6. The zero-order valence-corrected chi connectivity index (χ0v) is 24.5. The van der Waals surface area contributed by atoms with E-state index in [4.69, 9.17) is 15.2 Å². The maximum Gasteiger partial charge on any atom is 0.339 e. The van der Waals surface area contributed by atoms with Crippen molar-refractivity contribution in [2.24, 2.45) is 0 Å². The number of nitrogen functional groups attached to an aromatic ring is 1. The van der Waals surface area contributed by atoms with Crippen LogP contribution in [0.5, 0.6) is 11.5 Å².